The molecule has 2 aromatic rings. The van der Waals surface area contributed by atoms with Crippen molar-refractivity contribution in [3.05, 3.63) is 52.3 Å². The quantitative estimate of drug-likeness (QED) is 0.786. The molecule has 0 radical (unpaired) electrons. The molecule has 0 bridgehead atoms. The molecule has 0 spiro atoms. The van der Waals surface area contributed by atoms with Crippen LogP contribution < -0.4 is 14.2 Å². The molecule has 0 heterocycles. The fourth-order valence-electron chi connectivity index (χ4n) is 2.04. The van der Waals surface area contributed by atoms with Gasteiger partial charge in [0.25, 0.3) is 0 Å². The molecule has 2 aromatic carbocycles. The van der Waals surface area contributed by atoms with Crippen LogP contribution >= 0.6 is 11.6 Å². The molecule has 0 fully saturated rings. The molecule has 116 valence electrons. The Morgan fingerprint density at radius 2 is 1.59 bits per heavy atom. The van der Waals surface area contributed by atoms with Crippen LogP contribution in [0.15, 0.2) is 30.3 Å². The van der Waals surface area contributed by atoms with E-state index in [2.05, 4.69) is 0 Å². The summed E-state index contributed by atoms with van der Waals surface area (Å²) in [7, 11) is 4.33. The number of benzene rings is 2. The summed E-state index contributed by atoms with van der Waals surface area (Å²) in [6, 6.07) is 6.73. The highest BCUT2D eigenvalue weighted by molar-refractivity contribution is 6.31. The lowest BCUT2D eigenvalue weighted by molar-refractivity contribution is 0.103. The van der Waals surface area contributed by atoms with Gasteiger partial charge in [-0.15, -0.1) is 0 Å². The highest BCUT2D eigenvalue weighted by Crippen LogP contribution is 2.38. The Bertz CT molecular complexity index is 690. The number of hydrogen-bond acceptors (Lipinski definition) is 4. The first kappa shape index (κ1) is 16.1. The summed E-state index contributed by atoms with van der Waals surface area (Å²) in [5.74, 6) is -0.198. The van der Waals surface area contributed by atoms with Gasteiger partial charge in [0.05, 0.1) is 26.9 Å². The molecule has 6 heteroatoms. The van der Waals surface area contributed by atoms with Crippen molar-refractivity contribution in [3.8, 4) is 17.2 Å². The third-order valence-electron chi connectivity index (χ3n) is 3.10. The van der Waals surface area contributed by atoms with Gasteiger partial charge in [0, 0.05) is 10.6 Å². The smallest absolute Gasteiger partial charge is 0.203 e. The maximum Gasteiger partial charge on any atom is 0.203 e. The van der Waals surface area contributed by atoms with Gasteiger partial charge in [-0.1, -0.05) is 11.6 Å². The van der Waals surface area contributed by atoms with Crippen molar-refractivity contribution in [2.45, 2.75) is 0 Å². The fraction of sp³-hybridized carbons (Fsp3) is 0.188. The SMILES string of the molecule is COc1cc(C(=O)c2cc(Cl)ccc2F)cc(OC)c1OC. The van der Waals surface area contributed by atoms with E-state index in [1.807, 2.05) is 0 Å². The standard InChI is InChI=1S/C16H14ClFO4/c1-20-13-6-9(7-14(21-2)16(13)22-3)15(19)11-8-10(17)4-5-12(11)18/h4-8H,1-3H3. The number of carbonyl (C=O) groups is 1. The van der Waals surface area contributed by atoms with E-state index in [1.165, 1.54) is 45.6 Å². The Morgan fingerprint density at radius 3 is 2.09 bits per heavy atom. The zero-order valence-electron chi connectivity index (χ0n) is 12.3. The van der Waals surface area contributed by atoms with Crippen molar-refractivity contribution >= 4 is 17.4 Å². The molecule has 2 rings (SSSR count). The Morgan fingerprint density at radius 1 is 1.00 bits per heavy atom. The summed E-state index contributed by atoms with van der Waals surface area (Å²) in [4.78, 5) is 12.5. The molecule has 0 aliphatic rings. The van der Waals surface area contributed by atoms with E-state index in [1.54, 1.807) is 0 Å². The second kappa shape index (κ2) is 6.66. The average molecular weight is 325 g/mol. The minimum atomic E-state index is -0.650. The monoisotopic (exact) mass is 324 g/mol. The van der Waals surface area contributed by atoms with Crippen LogP contribution in [0.2, 0.25) is 5.02 Å². The molecule has 0 aromatic heterocycles. The van der Waals surface area contributed by atoms with Gasteiger partial charge in [-0.05, 0) is 30.3 Å². The van der Waals surface area contributed by atoms with Gasteiger partial charge in [-0.3, -0.25) is 4.79 Å². The molecule has 0 saturated heterocycles. The predicted octanol–water partition coefficient (Wildman–Crippen LogP) is 3.74. The van der Waals surface area contributed by atoms with Crippen LogP contribution in [0.3, 0.4) is 0 Å². The third kappa shape index (κ3) is 2.99. The van der Waals surface area contributed by atoms with Crippen LogP contribution in [0, 0.1) is 5.82 Å². The zero-order valence-corrected chi connectivity index (χ0v) is 13.0. The van der Waals surface area contributed by atoms with Gasteiger partial charge in [-0.25, -0.2) is 4.39 Å². The topological polar surface area (TPSA) is 44.8 Å². The number of halogens is 2. The minimum absolute atomic E-state index is 0.123. The van der Waals surface area contributed by atoms with Crippen molar-refractivity contribution in [2.24, 2.45) is 0 Å². The number of methoxy groups -OCH3 is 3. The van der Waals surface area contributed by atoms with Crippen LogP contribution in [0.1, 0.15) is 15.9 Å². The molecule has 0 amide bonds. The molecule has 0 saturated carbocycles. The highest BCUT2D eigenvalue weighted by Gasteiger charge is 2.20. The van der Waals surface area contributed by atoms with E-state index in [0.29, 0.717) is 17.2 Å². The Hall–Kier alpha value is -2.27. The number of carbonyl (C=O) groups excluding carboxylic acids is 1. The second-order valence-corrected chi connectivity index (χ2v) is 4.80. The molecule has 0 N–H and O–H groups in total. The first-order valence-electron chi connectivity index (χ1n) is 6.31. The molecular formula is C16H14ClFO4. The minimum Gasteiger partial charge on any atom is -0.493 e. The number of ketones is 1. The molecule has 0 atom stereocenters. The van der Waals surface area contributed by atoms with Crippen LogP contribution in [-0.4, -0.2) is 27.1 Å². The second-order valence-electron chi connectivity index (χ2n) is 4.37. The van der Waals surface area contributed by atoms with E-state index in [4.69, 9.17) is 25.8 Å². The first-order chi connectivity index (χ1) is 10.5. The van der Waals surface area contributed by atoms with E-state index >= 15 is 0 Å². The summed E-state index contributed by atoms with van der Waals surface area (Å²) in [6.45, 7) is 0. The Balaban J connectivity index is 2.56. The lowest BCUT2D eigenvalue weighted by Gasteiger charge is -2.14. The predicted molar refractivity (Wildman–Crippen MR) is 80.9 cm³/mol. The lowest BCUT2D eigenvalue weighted by Crippen LogP contribution is -2.06. The van der Waals surface area contributed by atoms with Crippen LogP contribution in [0.25, 0.3) is 0 Å². The van der Waals surface area contributed by atoms with Gasteiger partial charge < -0.3 is 14.2 Å². The van der Waals surface area contributed by atoms with Gasteiger partial charge in [0.1, 0.15) is 5.82 Å². The maximum atomic E-state index is 13.8. The normalized spacial score (nSPS) is 10.2. The van der Waals surface area contributed by atoms with Crippen molar-refractivity contribution < 1.29 is 23.4 Å². The van der Waals surface area contributed by atoms with Crippen LogP contribution in [0.5, 0.6) is 17.2 Å². The van der Waals surface area contributed by atoms with Gasteiger partial charge >= 0.3 is 0 Å². The molecule has 0 unspecified atom stereocenters. The zero-order chi connectivity index (χ0) is 16.3. The van der Waals surface area contributed by atoms with Crippen molar-refractivity contribution in [3.63, 3.8) is 0 Å². The van der Waals surface area contributed by atoms with E-state index in [-0.39, 0.29) is 16.1 Å². The molecule has 0 aliphatic heterocycles. The summed E-state index contributed by atoms with van der Waals surface area (Å²) >= 11 is 5.82. The van der Waals surface area contributed by atoms with Crippen molar-refractivity contribution in [1.29, 1.82) is 0 Å². The first-order valence-corrected chi connectivity index (χ1v) is 6.69. The van der Waals surface area contributed by atoms with E-state index in [0.717, 1.165) is 6.07 Å². The molecule has 22 heavy (non-hydrogen) atoms. The van der Waals surface area contributed by atoms with Gasteiger partial charge in [0.15, 0.2) is 17.3 Å². The Labute approximate surface area is 132 Å². The number of rotatable bonds is 5. The third-order valence-corrected chi connectivity index (χ3v) is 3.34. The fourth-order valence-corrected chi connectivity index (χ4v) is 2.21. The highest BCUT2D eigenvalue weighted by atomic mass is 35.5. The number of hydrogen-bond donors (Lipinski definition) is 0. The Kier molecular flexibility index (Phi) is 4.88. The average Bonchev–Trinajstić information content (AvgIpc) is 2.54. The van der Waals surface area contributed by atoms with Crippen molar-refractivity contribution in [1.82, 2.24) is 0 Å². The summed E-state index contributed by atoms with van der Waals surface area (Å²) in [6.07, 6.45) is 0. The van der Waals surface area contributed by atoms with Crippen LogP contribution in [0.4, 0.5) is 4.39 Å². The molecule has 4 nitrogen and oxygen atoms in total. The molecular weight excluding hydrogens is 311 g/mol. The summed E-state index contributed by atoms with van der Waals surface area (Å²) in [5.41, 5.74) is 0.0810. The van der Waals surface area contributed by atoms with E-state index < -0.39 is 11.6 Å². The van der Waals surface area contributed by atoms with E-state index in [9.17, 15) is 9.18 Å². The van der Waals surface area contributed by atoms with Gasteiger partial charge in [0.2, 0.25) is 5.75 Å². The van der Waals surface area contributed by atoms with Crippen LogP contribution in [-0.2, 0) is 0 Å². The number of ether oxygens (including phenoxy) is 3. The molecule has 0 aliphatic carbocycles. The maximum absolute atomic E-state index is 13.8. The summed E-state index contributed by atoms with van der Waals surface area (Å²) in [5, 5.41) is 0.275. The largest absolute Gasteiger partial charge is 0.493 e. The van der Waals surface area contributed by atoms with Crippen molar-refractivity contribution in [2.75, 3.05) is 21.3 Å². The van der Waals surface area contributed by atoms with Gasteiger partial charge in [-0.2, -0.15) is 0 Å². The lowest BCUT2D eigenvalue weighted by atomic mass is 10.0. The summed E-state index contributed by atoms with van der Waals surface area (Å²) < 4.78 is 29.4.